The highest BCUT2D eigenvalue weighted by Gasteiger charge is 2.44. The zero-order chi connectivity index (χ0) is 20.4. The largest absolute Gasteiger partial charge is 0.497 e. The zero-order valence-corrected chi connectivity index (χ0v) is 16.2. The molecule has 1 N–H and O–H groups in total. The van der Waals surface area contributed by atoms with E-state index < -0.39 is 23.8 Å². The first kappa shape index (κ1) is 19.4. The van der Waals surface area contributed by atoms with E-state index in [1.165, 1.54) is 14.2 Å². The van der Waals surface area contributed by atoms with Crippen LogP contribution < -0.4 is 14.8 Å². The van der Waals surface area contributed by atoms with Gasteiger partial charge in [-0.05, 0) is 30.2 Å². The molecule has 0 bridgehead atoms. The molecule has 1 aliphatic heterocycles. The quantitative estimate of drug-likeness (QED) is 0.777. The molecular weight excluding hydrogens is 360 g/mol. The number of carbonyl (C=O) groups is 3. The summed E-state index contributed by atoms with van der Waals surface area (Å²) in [6, 6.07) is 10.6. The number of imide groups is 1. The van der Waals surface area contributed by atoms with Gasteiger partial charge in [-0.25, -0.2) is 0 Å². The summed E-state index contributed by atoms with van der Waals surface area (Å²) in [7, 11) is 3.00. The first-order chi connectivity index (χ1) is 13.4. The molecule has 2 aromatic rings. The number of hydrogen-bond donors (Lipinski definition) is 1. The van der Waals surface area contributed by atoms with Gasteiger partial charge in [0.05, 0.1) is 31.0 Å². The number of ether oxygens (including phenoxy) is 2. The van der Waals surface area contributed by atoms with Gasteiger partial charge in [0.1, 0.15) is 17.5 Å². The number of methoxy groups -OCH3 is 2. The molecule has 0 radical (unpaired) electrons. The number of carbonyl (C=O) groups excluding carboxylic acids is 3. The van der Waals surface area contributed by atoms with Crippen molar-refractivity contribution in [1.29, 1.82) is 0 Å². The monoisotopic (exact) mass is 382 g/mol. The maximum Gasteiger partial charge on any atom is 0.262 e. The minimum Gasteiger partial charge on any atom is -0.497 e. The van der Waals surface area contributed by atoms with Crippen molar-refractivity contribution in [2.45, 2.75) is 19.9 Å². The molecule has 1 heterocycles. The van der Waals surface area contributed by atoms with E-state index in [4.69, 9.17) is 9.47 Å². The van der Waals surface area contributed by atoms with Gasteiger partial charge in [0.15, 0.2) is 0 Å². The fraction of sp³-hybridized carbons (Fsp3) is 0.286. The Kier molecular flexibility index (Phi) is 5.35. The minimum absolute atomic E-state index is 0.293. The number of hydrogen-bond acceptors (Lipinski definition) is 5. The molecule has 0 fully saturated rings. The molecule has 2 aromatic carbocycles. The van der Waals surface area contributed by atoms with Crippen molar-refractivity contribution in [3.8, 4) is 11.5 Å². The Morgan fingerprint density at radius 1 is 0.964 bits per heavy atom. The van der Waals surface area contributed by atoms with E-state index in [2.05, 4.69) is 5.32 Å². The molecule has 0 saturated carbocycles. The second-order valence-electron chi connectivity index (χ2n) is 6.77. The van der Waals surface area contributed by atoms with E-state index in [-0.39, 0.29) is 5.92 Å². The Bertz CT molecular complexity index is 903. The molecule has 1 aliphatic rings. The first-order valence-electron chi connectivity index (χ1n) is 8.88. The maximum absolute atomic E-state index is 13.1. The lowest BCUT2D eigenvalue weighted by Crippen LogP contribution is -2.50. The predicted octanol–water partition coefficient (Wildman–Crippen LogP) is 2.96. The molecule has 1 atom stereocenters. The van der Waals surface area contributed by atoms with Gasteiger partial charge in [0.25, 0.3) is 11.8 Å². The number of nitrogens with zero attached hydrogens (tertiary/aromatic N) is 1. The summed E-state index contributed by atoms with van der Waals surface area (Å²) in [6.07, 6.45) is 0. The van der Waals surface area contributed by atoms with E-state index in [1.54, 1.807) is 56.3 Å². The Balaban J connectivity index is 1.93. The summed E-state index contributed by atoms with van der Waals surface area (Å²) in [5, 5.41) is 2.77. The smallest absolute Gasteiger partial charge is 0.262 e. The van der Waals surface area contributed by atoms with Gasteiger partial charge in [0.2, 0.25) is 5.91 Å². The summed E-state index contributed by atoms with van der Waals surface area (Å²) in [5.41, 5.74) is 1.02. The Morgan fingerprint density at radius 3 is 2.07 bits per heavy atom. The van der Waals surface area contributed by atoms with Crippen LogP contribution >= 0.6 is 0 Å². The highest BCUT2D eigenvalue weighted by atomic mass is 16.5. The Morgan fingerprint density at radius 2 is 1.57 bits per heavy atom. The van der Waals surface area contributed by atoms with E-state index in [0.29, 0.717) is 28.3 Å². The van der Waals surface area contributed by atoms with Gasteiger partial charge in [-0.1, -0.05) is 26.0 Å². The number of amides is 3. The van der Waals surface area contributed by atoms with Gasteiger partial charge in [-0.3, -0.25) is 19.3 Å². The molecule has 28 heavy (non-hydrogen) atoms. The summed E-state index contributed by atoms with van der Waals surface area (Å²) in [5.74, 6) is -0.717. The highest BCUT2D eigenvalue weighted by molar-refractivity contribution is 6.23. The van der Waals surface area contributed by atoms with Crippen molar-refractivity contribution in [2.75, 3.05) is 19.5 Å². The van der Waals surface area contributed by atoms with Crippen molar-refractivity contribution in [2.24, 2.45) is 5.92 Å². The maximum atomic E-state index is 13.1. The summed E-state index contributed by atoms with van der Waals surface area (Å²) >= 11 is 0. The normalized spacial score (nSPS) is 14.1. The molecule has 0 aromatic heterocycles. The molecule has 1 unspecified atom stereocenters. The standard InChI is InChI=1S/C21H22N2O5/c1-12(2)18(23-20(25)14-7-5-6-8-15(14)21(23)26)19(24)22-16-11-13(27-3)9-10-17(16)28-4/h5-12,18H,1-4H3,(H,22,24). The van der Waals surface area contributed by atoms with E-state index >= 15 is 0 Å². The number of benzene rings is 2. The fourth-order valence-electron chi connectivity index (χ4n) is 3.30. The van der Waals surface area contributed by atoms with Crippen LogP contribution in [0, 0.1) is 5.92 Å². The van der Waals surface area contributed by atoms with Crippen LogP contribution in [-0.4, -0.2) is 42.9 Å². The minimum atomic E-state index is -0.969. The van der Waals surface area contributed by atoms with Crippen LogP contribution in [0.25, 0.3) is 0 Å². The molecule has 3 rings (SSSR count). The lowest BCUT2D eigenvalue weighted by molar-refractivity contribution is -0.121. The molecule has 7 heteroatoms. The van der Waals surface area contributed by atoms with Crippen LogP contribution in [0.3, 0.4) is 0 Å². The average Bonchev–Trinajstić information content (AvgIpc) is 2.93. The Labute approximate surface area is 163 Å². The van der Waals surface area contributed by atoms with Crippen molar-refractivity contribution < 1.29 is 23.9 Å². The predicted molar refractivity (Wildman–Crippen MR) is 104 cm³/mol. The molecular formula is C21H22N2O5. The molecule has 3 amide bonds. The van der Waals surface area contributed by atoms with Crippen molar-refractivity contribution in [3.63, 3.8) is 0 Å². The summed E-state index contributed by atoms with van der Waals surface area (Å²) < 4.78 is 10.5. The molecule has 0 saturated heterocycles. The molecule has 146 valence electrons. The average molecular weight is 382 g/mol. The van der Waals surface area contributed by atoms with E-state index in [0.717, 1.165) is 4.90 Å². The van der Waals surface area contributed by atoms with Gasteiger partial charge < -0.3 is 14.8 Å². The van der Waals surface area contributed by atoms with E-state index in [1.807, 2.05) is 0 Å². The number of fused-ring (bicyclic) bond motifs is 1. The van der Waals surface area contributed by atoms with Crippen LogP contribution in [0.5, 0.6) is 11.5 Å². The van der Waals surface area contributed by atoms with Crippen molar-refractivity contribution in [3.05, 3.63) is 53.6 Å². The third-order valence-electron chi connectivity index (χ3n) is 4.67. The molecule has 0 spiro atoms. The number of nitrogens with one attached hydrogen (secondary N) is 1. The van der Waals surface area contributed by atoms with Crippen LogP contribution in [-0.2, 0) is 4.79 Å². The summed E-state index contributed by atoms with van der Waals surface area (Å²) in [4.78, 5) is 39.8. The van der Waals surface area contributed by atoms with E-state index in [9.17, 15) is 14.4 Å². The number of anilines is 1. The van der Waals surface area contributed by atoms with Crippen LogP contribution in [0.4, 0.5) is 5.69 Å². The molecule has 7 nitrogen and oxygen atoms in total. The van der Waals surface area contributed by atoms with Crippen LogP contribution in [0.15, 0.2) is 42.5 Å². The first-order valence-corrected chi connectivity index (χ1v) is 8.88. The lowest BCUT2D eigenvalue weighted by Gasteiger charge is -2.28. The Hall–Kier alpha value is -3.35. The third-order valence-corrected chi connectivity index (χ3v) is 4.67. The summed E-state index contributed by atoms with van der Waals surface area (Å²) in [6.45, 7) is 3.58. The molecule has 0 aliphatic carbocycles. The van der Waals surface area contributed by atoms with Gasteiger partial charge in [-0.2, -0.15) is 0 Å². The second kappa shape index (κ2) is 7.72. The lowest BCUT2D eigenvalue weighted by atomic mass is 10.0. The second-order valence-corrected chi connectivity index (χ2v) is 6.77. The zero-order valence-electron chi connectivity index (χ0n) is 16.2. The highest BCUT2D eigenvalue weighted by Crippen LogP contribution is 2.31. The van der Waals surface area contributed by atoms with Gasteiger partial charge >= 0.3 is 0 Å². The van der Waals surface area contributed by atoms with Crippen LogP contribution in [0.1, 0.15) is 34.6 Å². The van der Waals surface area contributed by atoms with Crippen LogP contribution in [0.2, 0.25) is 0 Å². The third kappa shape index (κ3) is 3.31. The topological polar surface area (TPSA) is 84.9 Å². The van der Waals surface area contributed by atoms with Gasteiger partial charge in [-0.15, -0.1) is 0 Å². The van der Waals surface area contributed by atoms with Crippen molar-refractivity contribution >= 4 is 23.4 Å². The SMILES string of the molecule is COc1ccc(OC)c(NC(=O)C(C(C)C)N2C(=O)c3ccccc3C2=O)c1. The van der Waals surface area contributed by atoms with Crippen molar-refractivity contribution in [1.82, 2.24) is 4.90 Å². The fourth-order valence-corrected chi connectivity index (χ4v) is 3.30. The van der Waals surface area contributed by atoms with Gasteiger partial charge in [0, 0.05) is 6.07 Å². The number of rotatable bonds is 6.